The lowest BCUT2D eigenvalue weighted by molar-refractivity contribution is -0.137. The molecule has 1 fully saturated rings. The molecule has 1 aromatic carbocycles. The highest BCUT2D eigenvalue weighted by Crippen LogP contribution is 2.29. The Morgan fingerprint density at radius 2 is 1.95 bits per heavy atom. The van der Waals surface area contributed by atoms with E-state index >= 15 is 0 Å². The van der Waals surface area contributed by atoms with Crippen LogP contribution in [0.5, 0.6) is 5.75 Å². The smallest absolute Gasteiger partial charge is 0.323 e. The summed E-state index contributed by atoms with van der Waals surface area (Å²) in [5.41, 5.74) is 0.489. The van der Waals surface area contributed by atoms with E-state index in [1.807, 2.05) is 6.92 Å². The lowest BCUT2D eigenvalue weighted by Crippen LogP contribution is -2.36. The number of carbonyl (C=O) groups excluding carboxylic acids is 1. The van der Waals surface area contributed by atoms with Gasteiger partial charge in [0.25, 0.3) is 5.91 Å². The number of hydrogen-bond donors (Lipinski definition) is 1. The van der Waals surface area contributed by atoms with Crippen LogP contribution in [0.1, 0.15) is 36.5 Å². The molecule has 2 rings (SSSR count). The summed E-state index contributed by atoms with van der Waals surface area (Å²) in [4.78, 5) is 24.4. The van der Waals surface area contributed by atoms with Gasteiger partial charge in [0.15, 0.2) is 0 Å². The highest BCUT2D eigenvalue weighted by atomic mass is 16.5. The molecule has 21 heavy (non-hydrogen) atoms. The maximum absolute atomic E-state index is 12.3. The first kappa shape index (κ1) is 15.4. The van der Waals surface area contributed by atoms with Crippen LogP contribution >= 0.6 is 0 Å². The molecular formula is C16H21NO4. The molecule has 0 spiro atoms. The predicted octanol–water partition coefficient (Wildman–Crippen LogP) is 2.41. The average molecular weight is 291 g/mol. The maximum Gasteiger partial charge on any atom is 0.323 e. The summed E-state index contributed by atoms with van der Waals surface area (Å²) >= 11 is 0. The molecule has 1 aromatic rings. The zero-order valence-corrected chi connectivity index (χ0v) is 12.2. The van der Waals surface area contributed by atoms with Crippen molar-refractivity contribution in [2.24, 2.45) is 5.92 Å². The van der Waals surface area contributed by atoms with Crippen LogP contribution in [0.3, 0.4) is 0 Å². The Balaban J connectivity index is 1.97. The molecule has 0 atom stereocenters. The van der Waals surface area contributed by atoms with Crippen molar-refractivity contribution in [2.75, 3.05) is 19.7 Å². The first-order valence-electron chi connectivity index (χ1n) is 7.34. The third-order valence-corrected chi connectivity index (χ3v) is 3.39. The molecule has 0 aromatic heterocycles. The lowest BCUT2D eigenvalue weighted by atomic mass is 10.2. The molecule has 1 aliphatic carbocycles. The van der Waals surface area contributed by atoms with E-state index < -0.39 is 5.97 Å². The zero-order valence-electron chi connectivity index (χ0n) is 12.2. The predicted molar refractivity (Wildman–Crippen MR) is 78.5 cm³/mol. The van der Waals surface area contributed by atoms with Crippen molar-refractivity contribution in [2.45, 2.75) is 26.2 Å². The van der Waals surface area contributed by atoms with E-state index in [0.29, 0.717) is 18.0 Å². The minimum absolute atomic E-state index is 0.256. The maximum atomic E-state index is 12.3. The van der Waals surface area contributed by atoms with Crippen molar-refractivity contribution in [3.05, 3.63) is 29.8 Å². The van der Waals surface area contributed by atoms with Crippen LogP contribution in [0.15, 0.2) is 24.3 Å². The second kappa shape index (κ2) is 7.11. The van der Waals surface area contributed by atoms with Crippen LogP contribution in [-0.2, 0) is 4.79 Å². The zero-order chi connectivity index (χ0) is 15.2. The minimum atomic E-state index is -0.999. The van der Waals surface area contributed by atoms with Gasteiger partial charge < -0.3 is 14.7 Å². The minimum Gasteiger partial charge on any atom is -0.493 e. The number of carboxylic acid groups (broad SMARTS) is 1. The highest BCUT2D eigenvalue weighted by Gasteiger charge is 2.22. The van der Waals surface area contributed by atoms with E-state index in [2.05, 4.69) is 0 Å². The summed E-state index contributed by atoms with van der Waals surface area (Å²) in [6.07, 6.45) is 3.19. The van der Waals surface area contributed by atoms with E-state index in [-0.39, 0.29) is 12.5 Å². The number of hydrogen-bond acceptors (Lipinski definition) is 3. The fraction of sp³-hybridized carbons (Fsp3) is 0.500. The molecule has 0 heterocycles. The van der Waals surface area contributed by atoms with Crippen molar-refractivity contribution in [3.8, 4) is 5.75 Å². The fourth-order valence-electron chi connectivity index (χ4n) is 2.06. The van der Waals surface area contributed by atoms with Crippen molar-refractivity contribution in [1.29, 1.82) is 0 Å². The van der Waals surface area contributed by atoms with Crippen LogP contribution in [0.25, 0.3) is 0 Å². The Bertz CT molecular complexity index is 494. The van der Waals surface area contributed by atoms with Crippen LogP contribution in [0.4, 0.5) is 0 Å². The molecule has 5 nitrogen and oxygen atoms in total. The number of aliphatic carboxylic acids is 1. The monoisotopic (exact) mass is 291 g/mol. The number of rotatable bonds is 8. The summed E-state index contributed by atoms with van der Waals surface area (Å²) in [5.74, 6) is 0.176. The highest BCUT2D eigenvalue weighted by molar-refractivity contribution is 5.95. The van der Waals surface area contributed by atoms with Gasteiger partial charge >= 0.3 is 5.97 Å². The standard InChI is InChI=1S/C16H21NO4/c1-2-9-17(10-15(18)19)16(20)13-5-7-14(8-6-13)21-11-12-3-4-12/h5-8,12H,2-4,9-11H2,1H3,(H,18,19). The molecule has 0 bridgehead atoms. The number of amides is 1. The van der Waals surface area contributed by atoms with Gasteiger partial charge in [-0.2, -0.15) is 0 Å². The molecule has 5 heteroatoms. The molecule has 0 unspecified atom stereocenters. The molecule has 0 radical (unpaired) electrons. The van der Waals surface area contributed by atoms with E-state index in [0.717, 1.165) is 18.8 Å². The summed E-state index contributed by atoms with van der Waals surface area (Å²) in [6, 6.07) is 6.91. The lowest BCUT2D eigenvalue weighted by Gasteiger charge is -2.20. The van der Waals surface area contributed by atoms with Crippen molar-refractivity contribution < 1.29 is 19.4 Å². The summed E-state index contributed by atoms with van der Waals surface area (Å²) < 4.78 is 5.62. The third kappa shape index (κ3) is 4.77. The molecule has 1 saturated carbocycles. The Morgan fingerprint density at radius 1 is 1.29 bits per heavy atom. The molecule has 1 N–H and O–H groups in total. The summed E-state index contributed by atoms with van der Waals surface area (Å²) in [6.45, 7) is 2.81. The summed E-state index contributed by atoms with van der Waals surface area (Å²) in [7, 11) is 0. The van der Waals surface area contributed by atoms with Crippen molar-refractivity contribution in [1.82, 2.24) is 4.90 Å². The van der Waals surface area contributed by atoms with Gasteiger partial charge in [-0.1, -0.05) is 6.92 Å². The van der Waals surface area contributed by atoms with E-state index in [4.69, 9.17) is 9.84 Å². The quantitative estimate of drug-likeness (QED) is 0.798. The number of carbonyl (C=O) groups is 2. The average Bonchev–Trinajstić information content (AvgIpc) is 3.28. The molecule has 1 aliphatic rings. The third-order valence-electron chi connectivity index (χ3n) is 3.39. The Hall–Kier alpha value is -2.04. The van der Waals surface area contributed by atoms with Crippen LogP contribution in [0, 0.1) is 5.92 Å². The van der Waals surface area contributed by atoms with Gasteiger partial charge in [-0.25, -0.2) is 0 Å². The molecule has 0 aliphatic heterocycles. The molecule has 114 valence electrons. The first-order valence-corrected chi connectivity index (χ1v) is 7.34. The van der Waals surface area contributed by atoms with E-state index in [1.165, 1.54) is 17.7 Å². The van der Waals surface area contributed by atoms with E-state index in [1.54, 1.807) is 24.3 Å². The van der Waals surface area contributed by atoms with Gasteiger partial charge in [-0.15, -0.1) is 0 Å². The topological polar surface area (TPSA) is 66.8 Å². The van der Waals surface area contributed by atoms with Crippen LogP contribution in [-0.4, -0.2) is 41.6 Å². The van der Waals surface area contributed by atoms with Gasteiger partial charge in [-0.05, 0) is 49.4 Å². The van der Waals surface area contributed by atoms with Gasteiger partial charge in [0.2, 0.25) is 0 Å². The first-order chi connectivity index (χ1) is 10.1. The molecule has 1 amide bonds. The van der Waals surface area contributed by atoms with E-state index in [9.17, 15) is 9.59 Å². The Labute approximate surface area is 124 Å². The molecular weight excluding hydrogens is 270 g/mol. The van der Waals surface area contributed by atoms with Gasteiger partial charge in [0, 0.05) is 12.1 Å². The second-order valence-electron chi connectivity index (χ2n) is 5.40. The largest absolute Gasteiger partial charge is 0.493 e. The number of benzene rings is 1. The van der Waals surface area contributed by atoms with Crippen molar-refractivity contribution in [3.63, 3.8) is 0 Å². The van der Waals surface area contributed by atoms with Gasteiger partial charge in [0.05, 0.1) is 6.61 Å². The number of carboxylic acids is 1. The fourth-order valence-corrected chi connectivity index (χ4v) is 2.06. The van der Waals surface area contributed by atoms with Crippen LogP contribution < -0.4 is 4.74 Å². The SMILES string of the molecule is CCCN(CC(=O)O)C(=O)c1ccc(OCC2CC2)cc1. The van der Waals surface area contributed by atoms with Gasteiger partial charge in [0.1, 0.15) is 12.3 Å². The Kier molecular flexibility index (Phi) is 5.20. The normalized spacial score (nSPS) is 13.8. The number of nitrogens with zero attached hydrogens (tertiary/aromatic N) is 1. The number of ether oxygens (including phenoxy) is 1. The van der Waals surface area contributed by atoms with Crippen LogP contribution in [0.2, 0.25) is 0 Å². The van der Waals surface area contributed by atoms with Crippen molar-refractivity contribution >= 4 is 11.9 Å². The Morgan fingerprint density at radius 3 is 2.48 bits per heavy atom. The second-order valence-corrected chi connectivity index (χ2v) is 5.40. The van der Waals surface area contributed by atoms with Gasteiger partial charge in [-0.3, -0.25) is 9.59 Å². The molecule has 0 saturated heterocycles. The summed E-state index contributed by atoms with van der Waals surface area (Å²) in [5, 5.41) is 8.86.